The second-order valence-electron chi connectivity index (χ2n) is 15.9. The Hall–Kier alpha value is -1.76. The summed E-state index contributed by atoms with van der Waals surface area (Å²) in [5.74, 6) is -0.456. The van der Waals surface area contributed by atoms with E-state index in [1.54, 1.807) is 0 Å². The molecule has 5 aliphatic rings. The Balaban J connectivity index is 1.46. The first kappa shape index (κ1) is 30.7. The van der Waals surface area contributed by atoms with E-state index < -0.39 is 17.0 Å². The maximum Gasteiger partial charge on any atom is 0.319 e. The van der Waals surface area contributed by atoms with Crippen LogP contribution in [-0.4, -0.2) is 48.9 Å². The van der Waals surface area contributed by atoms with Crippen molar-refractivity contribution in [1.29, 1.82) is 0 Å². The number of epoxide rings is 1. The van der Waals surface area contributed by atoms with E-state index in [1.807, 2.05) is 13.8 Å². The highest BCUT2D eigenvalue weighted by Gasteiger charge is 2.71. The van der Waals surface area contributed by atoms with Crippen molar-refractivity contribution < 1.29 is 33.4 Å². The number of hydrogen-bond donors (Lipinski definition) is 0. The van der Waals surface area contributed by atoms with E-state index in [2.05, 4.69) is 34.6 Å². The third-order valence-corrected chi connectivity index (χ3v) is 13.9. The number of fused-ring (bicyclic) bond motifs is 5. The molecule has 4 aliphatic carbocycles. The number of carbonyl (C=O) groups is 4. The van der Waals surface area contributed by atoms with Crippen LogP contribution in [0.3, 0.4) is 0 Å². The number of esters is 2. The van der Waals surface area contributed by atoms with Gasteiger partial charge in [-0.15, -0.1) is 0 Å². The zero-order chi connectivity index (χ0) is 30.4. The Morgan fingerprint density at radius 2 is 1.56 bits per heavy atom. The third-order valence-electron chi connectivity index (χ3n) is 13.9. The predicted molar refractivity (Wildman–Crippen MR) is 154 cm³/mol. The fourth-order valence-corrected chi connectivity index (χ4v) is 11.1. The number of Topliss-reactive ketones (excluding diaryl/α,β-unsaturated/α-hetero) is 2. The highest BCUT2D eigenvalue weighted by atomic mass is 16.6. The summed E-state index contributed by atoms with van der Waals surface area (Å²) in [5.41, 5.74) is -2.72. The molecule has 5 fully saturated rings. The van der Waals surface area contributed by atoms with Gasteiger partial charge >= 0.3 is 11.9 Å². The fourth-order valence-electron chi connectivity index (χ4n) is 11.1. The summed E-state index contributed by atoms with van der Waals surface area (Å²) >= 11 is 0. The first-order chi connectivity index (χ1) is 19.0. The average Bonchev–Trinajstić information content (AvgIpc) is 3.70. The largest absolute Gasteiger partial charge is 0.468 e. The topological polar surface area (TPSA) is 99.3 Å². The molecule has 0 spiro atoms. The molecule has 0 bridgehead atoms. The van der Waals surface area contributed by atoms with Crippen LogP contribution in [0.15, 0.2) is 0 Å². The summed E-state index contributed by atoms with van der Waals surface area (Å²) in [6, 6.07) is 0. The Labute approximate surface area is 246 Å². The van der Waals surface area contributed by atoms with Crippen LogP contribution in [0.2, 0.25) is 0 Å². The number of methoxy groups -OCH3 is 1. The van der Waals surface area contributed by atoms with Crippen LogP contribution in [0.25, 0.3) is 0 Å². The molecule has 0 amide bonds. The molecular weight excluding hydrogens is 520 g/mol. The van der Waals surface area contributed by atoms with Gasteiger partial charge in [-0.3, -0.25) is 19.2 Å². The summed E-state index contributed by atoms with van der Waals surface area (Å²) in [7, 11) is 1.33. The first-order valence-electron chi connectivity index (χ1n) is 15.9. The van der Waals surface area contributed by atoms with E-state index in [0.717, 1.165) is 38.5 Å². The van der Waals surface area contributed by atoms with Gasteiger partial charge in [0.1, 0.15) is 11.5 Å². The van der Waals surface area contributed by atoms with Crippen LogP contribution >= 0.6 is 0 Å². The lowest BCUT2D eigenvalue weighted by Crippen LogP contribution is -2.67. The highest BCUT2D eigenvalue weighted by molar-refractivity contribution is 6.10. The van der Waals surface area contributed by atoms with Crippen LogP contribution < -0.4 is 0 Å². The van der Waals surface area contributed by atoms with Crippen LogP contribution in [0.4, 0.5) is 0 Å². The lowest BCUT2D eigenvalue weighted by Gasteiger charge is -2.71. The maximum atomic E-state index is 14.6. The van der Waals surface area contributed by atoms with Gasteiger partial charge in [0.05, 0.1) is 13.7 Å². The maximum absolute atomic E-state index is 14.6. The molecule has 0 aromatic rings. The van der Waals surface area contributed by atoms with E-state index in [0.29, 0.717) is 31.3 Å². The van der Waals surface area contributed by atoms with Gasteiger partial charge in [-0.2, -0.15) is 0 Å². The summed E-state index contributed by atoms with van der Waals surface area (Å²) in [6.07, 6.45) is 6.40. The minimum absolute atomic E-state index is 0.0147. The highest BCUT2D eigenvalue weighted by Crippen LogP contribution is 2.74. The molecule has 0 N–H and O–H groups in total. The SMILES string of the molecule is COC(=O)[C@@]1(CC(=O)C2(C(C)C)CO2)CC[C@]2(C)[C@H](CC[C@@H]3[C@@]4(C)CC[C@H](OC(C)=O)C(C)(C)[C@@H]4CC[C@]32C)C1=O. The summed E-state index contributed by atoms with van der Waals surface area (Å²) in [6.45, 7) is 17.5. The second-order valence-corrected chi connectivity index (χ2v) is 15.9. The summed E-state index contributed by atoms with van der Waals surface area (Å²) in [4.78, 5) is 53.6. The average molecular weight is 573 g/mol. The van der Waals surface area contributed by atoms with Gasteiger partial charge in [-0.05, 0) is 85.4 Å². The standard InChI is InChI=1S/C34H52O7/c1-20(2)34(19-40-34)25(36)18-33(28(38)39-9)17-16-31(7)22(27(33)37)10-11-24-30(6)14-13-26(41-21(3)35)29(4,5)23(30)12-15-32(24,31)8/h20,22-24,26H,10-19H2,1-9H3/t22-,23+,24-,26+,30+,31-,32-,33-,34?/m1/s1. The quantitative estimate of drug-likeness (QED) is 0.215. The molecule has 9 atom stereocenters. The molecular formula is C34H52O7. The van der Waals surface area contributed by atoms with Gasteiger partial charge in [-0.25, -0.2) is 0 Å². The molecule has 4 saturated carbocycles. The number of ketones is 2. The summed E-state index contributed by atoms with van der Waals surface area (Å²) < 4.78 is 16.7. The van der Waals surface area contributed by atoms with E-state index in [4.69, 9.17) is 14.2 Å². The minimum Gasteiger partial charge on any atom is -0.468 e. The van der Waals surface area contributed by atoms with Crippen LogP contribution in [0.5, 0.6) is 0 Å². The van der Waals surface area contributed by atoms with Gasteiger partial charge in [0.25, 0.3) is 0 Å². The van der Waals surface area contributed by atoms with Crippen molar-refractivity contribution in [2.75, 3.05) is 13.7 Å². The number of ether oxygens (including phenoxy) is 3. The predicted octanol–water partition coefficient (Wildman–Crippen LogP) is 6.10. The van der Waals surface area contributed by atoms with Crippen molar-refractivity contribution in [3.63, 3.8) is 0 Å². The number of carbonyl (C=O) groups excluding carboxylic acids is 4. The number of hydrogen-bond acceptors (Lipinski definition) is 7. The van der Waals surface area contributed by atoms with Crippen molar-refractivity contribution >= 4 is 23.5 Å². The molecule has 41 heavy (non-hydrogen) atoms. The normalized spacial score (nSPS) is 46.5. The smallest absolute Gasteiger partial charge is 0.319 e. The molecule has 7 nitrogen and oxygen atoms in total. The van der Waals surface area contributed by atoms with Crippen molar-refractivity contribution in [2.24, 2.45) is 50.7 Å². The Bertz CT molecular complexity index is 1140. The zero-order valence-electron chi connectivity index (χ0n) is 26.8. The molecule has 230 valence electrons. The third kappa shape index (κ3) is 4.06. The van der Waals surface area contributed by atoms with E-state index in [9.17, 15) is 19.2 Å². The Kier molecular flexibility index (Phi) is 7.20. The second kappa shape index (κ2) is 9.62. The fraction of sp³-hybridized carbons (Fsp3) is 0.882. The van der Waals surface area contributed by atoms with Crippen molar-refractivity contribution in [1.82, 2.24) is 0 Å². The molecule has 1 saturated heterocycles. The van der Waals surface area contributed by atoms with Crippen molar-refractivity contribution in [2.45, 2.75) is 125 Å². The van der Waals surface area contributed by atoms with E-state index in [-0.39, 0.29) is 63.6 Å². The molecule has 7 heteroatoms. The van der Waals surface area contributed by atoms with Gasteiger partial charge in [0.2, 0.25) is 0 Å². The number of rotatable bonds is 6. The molecule has 1 heterocycles. The van der Waals surface area contributed by atoms with E-state index >= 15 is 0 Å². The Morgan fingerprint density at radius 3 is 2.12 bits per heavy atom. The molecule has 1 aliphatic heterocycles. The molecule has 0 aromatic heterocycles. The minimum atomic E-state index is -1.43. The molecule has 0 aromatic carbocycles. The van der Waals surface area contributed by atoms with Crippen molar-refractivity contribution in [3.8, 4) is 0 Å². The van der Waals surface area contributed by atoms with Gasteiger partial charge in [0, 0.05) is 24.7 Å². The van der Waals surface area contributed by atoms with Crippen molar-refractivity contribution in [3.05, 3.63) is 0 Å². The van der Waals surface area contributed by atoms with Crippen LogP contribution in [0, 0.1) is 50.7 Å². The van der Waals surface area contributed by atoms with Gasteiger partial charge in [-0.1, -0.05) is 48.5 Å². The monoisotopic (exact) mass is 572 g/mol. The van der Waals surface area contributed by atoms with E-state index in [1.165, 1.54) is 14.0 Å². The lowest BCUT2D eigenvalue weighted by atomic mass is 9.33. The molecule has 5 rings (SSSR count). The first-order valence-corrected chi connectivity index (χ1v) is 15.9. The zero-order valence-corrected chi connectivity index (χ0v) is 26.8. The van der Waals surface area contributed by atoms with Crippen LogP contribution in [-0.2, 0) is 33.4 Å². The van der Waals surface area contributed by atoms with Gasteiger partial charge < -0.3 is 14.2 Å². The molecule has 0 radical (unpaired) electrons. The summed E-state index contributed by atoms with van der Waals surface area (Å²) in [5, 5.41) is 0. The molecule has 1 unspecified atom stereocenters. The van der Waals surface area contributed by atoms with Crippen LogP contribution in [0.1, 0.15) is 113 Å². The lowest BCUT2D eigenvalue weighted by molar-refractivity contribution is -0.236. The Morgan fingerprint density at radius 1 is 0.902 bits per heavy atom. The van der Waals surface area contributed by atoms with Gasteiger partial charge in [0.15, 0.2) is 17.2 Å².